The Labute approximate surface area is 58.4 Å². The Morgan fingerprint density at radius 3 is 2.60 bits per heavy atom. The summed E-state index contributed by atoms with van der Waals surface area (Å²) in [5.74, 6) is -0.702. The highest BCUT2D eigenvalue weighted by Crippen LogP contribution is 2.25. The van der Waals surface area contributed by atoms with Gasteiger partial charge in [-0.05, 0) is 0 Å². The summed E-state index contributed by atoms with van der Waals surface area (Å²) in [5, 5.41) is 8.51. The Kier molecular flexibility index (Phi) is 1.18. The van der Waals surface area contributed by atoms with E-state index in [4.69, 9.17) is 9.84 Å². The van der Waals surface area contributed by atoms with Crippen LogP contribution in [0.1, 0.15) is 0 Å². The molecule has 0 aromatic heterocycles. The van der Waals surface area contributed by atoms with Crippen LogP contribution in [0, 0.1) is 0 Å². The molecule has 2 aliphatic rings. The second-order valence-electron chi connectivity index (χ2n) is 2.74. The summed E-state index contributed by atoms with van der Waals surface area (Å²) in [4.78, 5) is 12.3. The minimum Gasteiger partial charge on any atom is -0.480 e. The highest BCUT2D eigenvalue weighted by Gasteiger charge is 2.47. The number of ether oxygens (including phenoxy) is 1. The van der Waals surface area contributed by atoms with Crippen molar-refractivity contribution in [3.8, 4) is 0 Å². The molecular weight excluding hydrogens is 134 g/mol. The number of hydrogen-bond donors (Lipinski definition) is 1. The lowest BCUT2D eigenvalue weighted by molar-refractivity contribution is -0.138. The van der Waals surface area contributed by atoms with Crippen molar-refractivity contribution in [1.82, 2.24) is 4.90 Å². The van der Waals surface area contributed by atoms with Crippen molar-refractivity contribution in [2.24, 2.45) is 0 Å². The van der Waals surface area contributed by atoms with E-state index in [0.29, 0.717) is 25.8 Å². The van der Waals surface area contributed by atoms with Crippen molar-refractivity contribution < 1.29 is 14.6 Å². The summed E-state index contributed by atoms with van der Waals surface area (Å²) in [5.41, 5.74) is 0. The molecule has 0 aromatic carbocycles. The van der Waals surface area contributed by atoms with E-state index in [2.05, 4.69) is 0 Å². The molecule has 0 radical (unpaired) electrons. The molecule has 4 nitrogen and oxygen atoms in total. The van der Waals surface area contributed by atoms with Crippen LogP contribution in [-0.2, 0) is 9.53 Å². The molecule has 2 rings (SSSR count). The van der Waals surface area contributed by atoms with E-state index in [9.17, 15) is 4.79 Å². The fraction of sp³-hybridized carbons (Fsp3) is 0.833. The van der Waals surface area contributed by atoms with Crippen molar-refractivity contribution in [2.45, 2.75) is 12.1 Å². The fourth-order valence-corrected chi connectivity index (χ4v) is 1.19. The molecule has 2 heterocycles. The zero-order chi connectivity index (χ0) is 7.14. The van der Waals surface area contributed by atoms with Crippen LogP contribution in [0.4, 0.5) is 0 Å². The van der Waals surface area contributed by atoms with Gasteiger partial charge in [0.1, 0.15) is 6.04 Å². The number of carbonyl (C=O) groups is 1. The Morgan fingerprint density at radius 2 is 2.30 bits per heavy atom. The van der Waals surface area contributed by atoms with Gasteiger partial charge in [0.25, 0.3) is 0 Å². The smallest absolute Gasteiger partial charge is 0.322 e. The van der Waals surface area contributed by atoms with Gasteiger partial charge in [-0.1, -0.05) is 0 Å². The molecule has 2 fully saturated rings. The van der Waals surface area contributed by atoms with Gasteiger partial charge in [0.05, 0.1) is 19.3 Å². The summed E-state index contributed by atoms with van der Waals surface area (Å²) in [6, 6.07) is 0.176. The molecule has 2 saturated heterocycles. The van der Waals surface area contributed by atoms with Gasteiger partial charge < -0.3 is 9.84 Å². The van der Waals surface area contributed by atoms with Crippen LogP contribution < -0.4 is 0 Å². The summed E-state index contributed by atoms with van der Waals surface area (Å²) >= 11 is 0. The van der Waals surface area contributed by atoms with E-state index in [1.54, 1.807) is 0 Å². The molecule has 10 heavy (non-hydrogen) atoms. The molecule has 0 saturated carbocycles. The van der Waals surface area contributed by atoms with Crippen molar-refractivity contribution >= 4 is 5.97 Å². The predicted molar refractivity (Wildman–Crippen MR) is 32.7 cm³/mol. The number of carboxylic acid groups (broad SMARTS) is 1. The molecule has 4 heteroatoms. The quantitative estimate of drug-likeness (QED) is 0.512. The number of aliphatic carboxylic acids is 1. The first-order chi connectivity index (χ1) is 4.79. The van der Waals surface area contributed by atoms with Gasteiger partial charge in [-0.25, -0.2) is 0 Å². The Morgan fingerprint density at radius 1 is 1.60 bits per heavy atom. The third-order valence-corrected chi connectivity index (χ3v) is 2.03. The van der Waals surface area contributed by atoms with Crippen molar-refractivity contribution in [3.63, 3.8) is 0 Å². The lowest BCUT2D eigenvalue weighted by Gasteiger charge is -2.27. The molecule has 0 aromatic rings. The molecule has 2 unspecified atom stereocenters. The highest BCUT2D eigenvalue weighted by molar-refractivity contribution is 5.77. The maximum atomic E-state index is 10.3. The second kappa shape index (κ2) is 1.93. The number of hydrogen-bond acceptors (Lipinski definition) is 3. The van der Waals surface area contributed by atoms with Crippen molar-refractivity contribution in [3.05, 3.63) is 0 Å². The lowest BCUT2D eigenvalue weighted by atomic mass is 10.2. The van der Waals surface area contributed by atoms with Crippen LogP contribution in [0.3, 0.4) is 0 Å². The first-order valence-electron chi connectivity index (χ1n) is 3.35. The predicted octanol–water partition coefficient (Wildman–Crippen LogP) is -0.846. The largest absolute Gasteiger partial charge is 0.480 e. The highest BCUT2D eigenvalue weighted by atomic mass is 16.5. The van der Waals surface area contributed by atoms with E-state index in [1.807, 2.05) is 4.90 Å². The van der Waals surface area contributed by atoms with E-state index in [0.717, 1.165) is 0 Å². The summed E-state index contributed by atoms with van der Waals surface area (Å²) in [7, 11) is 0. The average Bonchev–Trinajstić information content (AvgIpc) is 2.40. The molecule has 1 N–H and O–H groups in total. The topological polar surface area (TPSA) is 49.5 Å². The van der Waals surface area contributed by atoms with Gasteiger partial charge in [-0.3, -0.25) is 9.69 Å². The third kappa shape index (κ3) is 0.803. The maximum Gasteiger partial charge on any atom is 0.322 e. The van der Waals surface area contributed by atoms with E-state index in [-0.39, 0.29) is 6.04 Å². The number of nitrogens with zero attached hydrogens (tertiary/aromatic N) is 1. The minimum atomic E-state index is -0.702. The molecule has 56 valence electrons. The summed E-state index contributed by atoms with van der Waals surface area (Å²) in [6.07, 6.45) is 0. The first kappa shape index (κ1) is 6.12. The van der Waals surface area contributed by atoms with Crippen LogP contribution in [0.15, 0.2) is 0 Å². The van der Waals surface area contributed by atoms with Gasteiger partial charge >= 0.3 is 5.97 Å². The Bertz CT molecular complexity index is 166. The molecule has 2 aliphatic heterocycles. The van der Waals surface area contributed by atoms with Crippen LogP contribution in [0.5, 0.6) is 0 Å². The normalized spacial score (nSPS) is 38.8. The Hall–Kier alpha value is -0.610. The first-order valence-corrected chi connectivity index (χ1v) is 3.35. The Balaban J connectivity index is 1.83. The van der Waals surface area contributed by atoms with E-state index < -0.39 is 5.97 Å². The monoisotopic (exact) mass is 143 g/mol. The summed E-state index contributed by atoms with van der Waals surface area (Å²) < 4.78 is 4.93. The minimum absolute atomic E-state index is 0.214. The second-order valence-corrected chi connectivity index (χ2v) is 2.74. The summed E-state index contributed by atoms with van der Waals surface area (Å²) in [6.45, 7) is 2.14. The van der Waals surface area contributed by atoms with Crippen LogP contribution in [0.2, 0.25) is 0 Å². The maximum absolute atomic E-state index is 10.3. The molecule has 0 bridgehead atoms. The van der Waals surface area contributed by atoms with Gasteiger partial charge in [0, 0.05) is 6.54 Å². The van der Waals surface area contributed by atoms with E-state index in [1.165, 1.54) is 0 Å². The third-order valence-electron chi connectivity index (χ3n) is 2.03. The van der Waals surface area contributed by atoms with E-state index >= 15 is 0 Å². The lowest BCUT2D eigenvalue weighted by Crippen LogP contribution is -2.41. The fourth-order valence-electron chi connectivity index (χ4n) is 1.19. The average molecular weight is 143 g/mol. The molecule has 0 spiro atoms. The van der Waals surface area contributed by atoms with Crippen LogP contribution in [0.25, 0.3) is 0 Å². The van der Waals surface area contributed by atoms with Crippen LogP contribution >= 0.6 is 0 Å². The molecule has 2 atom stereocenters. The van der Waals surface area contributed by atoms with Crippen LogP contribution in [-0.4, -0.2) is 47.8 Å². The molecule has 0 amide bonds. The van der Waals surface area contributed by atoms with Crippen molar-refractivity contribution in [2.75, 3.05) is 19.8 Å². The molecular formula is C6H9NO3. The van der Waals surface area contributed by atoms with Gasteiger partial charge in [0.15, 0.2) is 0 Å². The standard InChI is InChI=1S/C6H9NO3/c8-6(9)5-1-7(5)4-2-10-3-4/h4-5H,1-3H2,(H,8,9). The van der Waals surface area contributed by atoms with Crippen molar-refractivity contribution in [1.29, 1.82) is 0 Å². The van der Waals surface area contributed by atoms with Gasteiger partial charge in [0.2, 0.25) is 0 Å². The zero-order valence-corrected chi connectivity index (χ0v) is 5.49. The number of rotatable bonds is 2. The number of carboxylic acids is 1. The SMILES string of the molecule is O=C(O)C1CN1C1COC1. The van der Waals surface area contributed by atoms with Gasteiger partial charge in [-0.2, -0.15) is 0 Å². The van der Waals surface area contributed by atoms with Gasteiger partial charge in [-0.15, -0.1) is 0 Å². The molecule has 0 aliphatic carbocycles. The zero-order valence-electron chi connectivity index (χ0n) is 5.49.